The third-order valence-electron chi connectivity index (χ3n) is 10.0. The summed E-state index contributed by atoms with van der Waals surface area (Å²) in [4.78, 5) is 2.33. The van der Waals surface area contributed by atoms with Crippen molar-refractivity contribution in [3.8, 4) is 22.3 Å². The summed E-state index contributed by atoms with van der Waals surface area (Å²) in [6.07, 6.45) is 0. The van der Waals surface area contributed by atoms with Crippen molar-refractivity contribution in [1.29, 1.82) is 0 Å². The Bertz CT molecular complexity index is 2840. The highest BCUT2D eigenvalue weighted by Gasteiger charge is 2.16. The van der Waals surface area contributed by atoms with Gasteiger partial charge in [-0.2, -0.15) is 0 Å². The van der Waals surface area contributed by atoms with E-state index in [1.54, 1.807) is 0 Å². The van der Waals surface area contributed by atoms with Crippen molar-refractivity contribution < 1.29 is 4.42 Å². The summed E-state index contributed by atoms with van der Waals surface area (Å²) < 4.78 is 6.19. The number of nitrogens with zero attached hydrogens (tertiary/aromatic N) is 1. The quantitative estimate of drug-likeness (QED) is 0.175. The molecule has 0 amide bonds. The van der Waals surface area contributed by atoms with Gasteiger partial charge in [0, 0.05) is 27.8 Å². The van der Waals surface area contributed by atoms with Crippen LogP contribution in [-0.4, -0.2) is 0 Å². The molecule has 234 valence electrons. The normalized spacial score (nSPS) is 11.6. The molecule has 50 heavy (non-hydrogen) atoms. The Morgan fingerprint density at radius 1 is 0.300 bits per heavy atom. The first kappa shape index (κ1) is 28.4. The van der Waals surface area contributed by atoms with Gasteiger partial charge in [-0.15, -0.1) is 0 Å². The highest BCUT2D eigenvalue weighted by atomic mass is 16.3. The van der Waals surface area contributed by atoms with Crippen molar-refractivity contribution in [1.82, 2.24) is 0 Å². The Balaban J connectivity index is 1.09. The Labute approximate surface area is 290 Å². The first-order valence-corrected chi connectivity index (χ1v) is 17.1. The topological polar surface area (TPSA) is 16.4 Å². The van der Waals surface area contributed by atoms with Gasteiger partial charge >= 0.3 is 0 Å². The number of para-hydroxylation sites is 1. The first-order valence-electron chi connectivity index (χ1n) is 17.1. The van der Waals surface area contributed by atoms with Gasteiger partial charge < -0.3 is 9.32 Å². The van der Waals surface area contributed by atoms with Crippen LogP contribution in [-0.2, 0) is 0 Å². The van der Waals surface area contributed by atoms with Crippen molar-refractivity contribution in [2.75, 3.05) is 4.90 Å². The first-order chi connectivity index (χ1) is 24.8. The molecule has 0 aliphatic heterocycles. The number of rotatable bonds is 5. The molecule has 0 N–H and O–H groups in total. The van der Waals surface area contributed by atoms with Crippen LogP contribution in [0, 0.1) is 0 Å². The van der Waals surface area contributed by atoms with Crippen LogP contribution < -0.4 is 4.90 Å². The summed E-state index contributed by atoms with van der Waals surface area (Å²) in [5.74, 6) is 0. The second-order valence-electron chi connectivity index (χ2n) is 13.0. The van der Waals surface area contributed by atoms with E-state index in [2.05, 4.69) is 181 Å². The van der Waals surface area contributed by atoms with E-state index < -0.39 is 0 Å². The third kappa shape index (κ3) is 4.73. The monoisotopic (exact) mass is 637 g/mol. The Hall–Kier alpha value is -6.64. The number of furan rings is 1. The minimum atomic E-state index is 0.890. The van der Waals surface area contributed by atoms with Gasteiger partial charge in [-0.1, -0.05) is 133 Å². The molecule has 0 saturated carbocycles. The van der Waals surface area contributed by atoms with Crippen LogP contribution in [0.3, 0.4) is 0 Å². The van der Waals surface area contributed by atoms with Crippen molar-refractivity contribution in [3.05, 3.63) is 188 Å². The number of benzene rings is 9. The Kier molecular flexibility index (Phi) is 6.53. The highest BCUT2D eigenvalue weighted by molar-refractivity contribution is 6.20. The predicted octanol–water partition coefficient (Wildman–Crippen LogP) is 13.8. The average Bonchev–Trinajstić information content (AvgIpc) is 3.56. The van der Waals surface area contributed by atoms with E-state index in [0.717, 1.165) is 39.0 Å². The largest absolute Gasteiger partial charge is 0.456 e. The summed E-state index contributed by atoms with van der Waals surface area (Å²) >= 11 is 0. The molecule has 0 bridgehead atoms. The fourth-order valence-electron chi connectivity index (χ4n) is 7.54. The molecule has 2 nitrogen and oxygen atoms in total. The molecule has 0 atom stereocenters. The lowest BCUT2D eigenvalue weighted by Gasteiger charge is -2.26. The number of hydrogen-bond acceptors (Lipinski definition) is 2. The van der Waals surface area contributed by atoms with Crippen molar-refractivity contribution in [2.24, 2.45) is 0 Å². The van der Waals surface area contributed by atoms with Crippen molar-refractivity contribution in [3.63, 3.8) is 0 Å². The lowest BCUT2D eigenvalue weighted by atomic mass is 9.94. The maximum atomic E-state index is 6.19. The molecule has 1 aromatic heterocycles. The highest BCUT2D eigenvalue weighted by Crippen LogP contribution is 2.41. The van der Waals surface area contributed by atoms with Crippen LogP contribution in [0.4, 0.5) is 17.1 Å². The molecule has 9 aromatic carbocycles. The zero-order chi connectivity index (χ0) is 33.0. The molecule has 1 heterocycles. The predicted molar refractivity (Wildman–Crippen MR) is 212 cm³/mol. The maximum absolute atomic E-state index is 6.19. The summed E-state index contributed by atoms with van der Waals surface area (Å²) in [5, 5.41) is 9.89. The van der Waals surface area contributed by atoms with Gasteiger partial charge in [0.1, 0.15) is 11.2 Å². The van der Waals surface area contributed by atoms with Gasteiger partial charge in [0.2, 0.25) is 0 Å². The molecule has 0 fully saturated rings. The summed E-state index contributed by atoms with van der Waals surface area (Å²) in [6.45, 7) is 0. The van der Waals surface area contributed by atoms with Crippen molar-refractivity contribution >= 4 is 71.3 Å². The third-order valence-corrected chi connectivity index (χ3v) is 10.0. The molecule has 2 heteroatoms. The Morgan fingerprint density at radius 2 is 0.820 bits per heavy atom. The van der Waals surface area contributed by atoms with Crippen LogP contribution in [0.1, 0.15) is 0 Å². The van der Waals surface area contributed by atoms with Crippen molar-refractivity contribution in [2.45, 2.75) is 0 Å². The van der Waals surface area contributed by atoms with E-state index >= 15 is 0 Å². The van der Waals surface area contributed by atoms with E-state index in [1.807, 2.05) is 12.1 Å². The second kappa shape index (κ2) is 11.5. The van der Waals surface area contributed by atoms with Gasteiger partial charge in [-0.25, -0.2) is 0 Å². The molecule has 10 aromatic rings. The van der Waals surface area contributed by atoms with E-state index in [4.69, 9.17) is 4.42 Å². The summed E-state index contributed by atoms with van der Waals surface area (Å²) in [5.41, 5.74) is 9.83. The van der Waals surface area contributed by atoms with Crippen LogP contribution in [0.15, 0.2) is 192 Å². The van der Waals surface area contributed by atoms with Crippen LogP contribution in [0.25, 0.3) is 76.5 Å². The molecule has 0 radical (unpaired) electrons. The van der Waals surface area contributed by atoms with Gasteiger partial charge in [-0.05, 0) is 109 Å². The second-order valence-corrected chi connectivity index (χ2v) is 13.0. The fraction of sp³-hybridized carbons (Fsp3) is 0. The number of fused-ring (bicyclic) bond motifs is 8. The molecule has 0 unspecified atom stereocenters. The number of hydrogen-bond donors (Lipinski definition) is 0. The zero-order valence-electron chi connectivity index (χ0n) is 27.3. The molecule has 0 aliphatic carbocycles. The summed E-state index contributed by atoms with van der Waals surface area (Å²) in [7, 11) is 0. The average molecular weight is 638 g/mol. The van der Waals surface area contributed by atoms with Crippen LogP contribution in [0.5, 0.6) is 0 Å². The molecular weight excluding hydrogens is 607 g/mol. The maximum Gasteiger partial charge on any atom is 0.135 e. The fourth-order valence-corrected chi connectivity index (χ4v) is 7.54. The molecular formula is C48H31NO. The van der Waals surface area contributed by atoms with E-state index in [1.165, 1.54) is 54.6 Å². The van der Waals surface area contributed by atoms with Gasteiger partial charge in [-0.3, -0.25) is 0 Å². The lowest BCUT2D eigenvalue weighted by Crippen LogP contribution is -2.09. The molecule has 0 saturated heterocycles. The Morgan fingerprint density at radius 3 is 1.58 bits per heavy atom. The molecule has 0 aliphatic rings. The van der Waals surface area contributed by atoms with Gasteiger partial charge in [0.15, 0.2) is 0 Å². The van der Waals surface area contributed by atoms with Gasteiger partial charge in [0.25, 0.3) is 0 Å². The van der Waals surface area contributed by atoms with E-state index in [9.17, 15) is 0 Å². The van der Waals surface area contributed by atoms with E-state index in [0.29, 0.717) is 0 Å². The summed E-state index contributed by atoms with van der Waals surface area (Å²) in [6, 6.07) is 67.6. The minimum Gasteiger partial charge on any atom is -0.456 e. The van der Waals surface area contributed by atoms with Crippen LogP contribution in [0.2, 0.25) is 0 Å². The van der Waals surface area contributed by atoms with Crippen LogP contribution >= 0.6 is 0 Å². The molecule has 10 rings (SSSR count). The van der Waals surface area contributed by atoms with E-state index in [-0.39, 0.29) is 0 Å². The lowest BCUT2D eigenvalue weighted by molar-refractivity contribution is 0.669. The standard InChI is InChI=1S/C48H31NO/c1-2-8-32(9-3-1)33-20-24-39(25-21-33)49(41-28-29-47-45(31-41)43-12-6-7-13-46(43)50-47)40-26-22-34(23-27-40)38-19-16-36-15-18-37-17-14-35-10-4-5-11-42(35)48(37)44(36)30-38/h1-31H. The van der Waals surface area contributed by atoms with Gasteiger partial charge in [0.05, 0.1) is 0 Å². The molecule has 0 spiro atoms. The SMILES string of the molecule is c1ccc(-c2ccc(N(c3ccc(-c4ccc5ccc6ccc7ccccc7c6c5c4)cc3)c3ccc4oc5ccccc5c4c3)cc2)cc1. The minimum absolute atomic E-state index is 0.890. The smallest absolute Gasteiger partial charge is 0.135 e. The number of anilines is 3. The zero-order valence-corrected chi connectivity index (χ0v) is 27.3.